The number of nitro groups is 1. The zero-order chi connectivity index (χ0) is 12.4. The second-order valence-corrected chi connectivity index (χ2v) is 4.89. The molecule has 0 aromatic carbocycles. The van der Waals surface area contributed by atoms with Gasteiger partial charge in [0, 0.05) is 6.20 Å². The first kappa shape index (κ1) is 12.3. The summed E-state index contributed by atoms with van der Waals surface area (Å²) >= 11 is 3.21. The molecule has 7 heteroatoms. The van der Waals surface area contributed by atoms with Crippen molar-refractivity contribution in [2.75, 3.05) is 6.54 Å². The Morgan fingerprint density at radius 1 is 1.59 bits per heavy atom. The summed E-state index contributed by atoms with van der Waals surface area (Å²) in [5.41, 5.74) is 5.40. The van der Waals surface area contributed by atoms with Crippen molar-refractivity contribution in [3.05, 3.63) is 27.0 Å². The molecule has 0 unspecified atom stereocenters. The molecule has 1 aliphatic rings. The van der Waals surface area contributed by atoms with Gasteiger partial charge in [0.1, 0.15) is 6.20 Å². The van der Waals surface area contributed by atoms with E-state index in [1.165, 1.54) is 12.4 Å². The molecule has 1 fully saturated rings. The van der Waals surface area contributed by atoms with Crippen LogP contribution in [0, 0.1) is 16.0 Å². The van der Waals surface area contributed by atoms with Crippen molar-refractivity contribution in [1.82, 2.24) is 4.98 Å². The van der Waals surface area contributed by atoms with Crippen molar-refractivity contribution >= 4 is 21.6 Å². The number of halogens is 1. The van der Waals surface area contributed by atoms with Crippen LogP contribution in [0.5, 0.6) is 5.75 Å². The Kier molecular flexibility index (Phi) is 3.58. The molecule has 92 valence electrons. The van der Waals surface area contributed by atoms with Gasteiger partial charge in [0.15, 0.2) is 0 Å². The molecule has 0 atom stereocenters. The van der Waals surface area contributed by atoms with E-state index in [0.29, 0.717) is 16.9 Å². The third-order valence-electron chi connectivity index (χ3n) is 2.84. The fraction of sp³-hybridized carbons (Fsp3) is 0.500. The summed E-state index contributed by atoms with van der Waals surface area (Å²) in [5, 5.41) is 10.8. The van der Waals surface area contributed by atoms with Gasteiger partial charge in [0.25, 0.3) is 0 Å². The zero-order valence-electron chi connectivity index (χ0n) is 9.01. The van der Waals surface area contributed by atoms with Gasteiger partial charge in [-0.2, -0.15) is 0 Å². The van der Waals surface area contributed by atoms with Crippen LogP contribution in [0.25, 0.3) is 0 Å². The molecular weight excluding hydrogens is 290 g/mol. The Labute approximate surface area is 106 Å². The maximum absolute atomic E-state index is 10.8. The maximum Gasteiger partial charge on any atom is 0.330 e. The van der Waals surface area contributed by atoms with E-state index in [1.807, 2.05) is 0 Å². The Morgan fingerprint density at radius 3 is 2.88 bits per heavy atom. The van der Waals surface area contributed by atoms with Crippen LogP contribution in [-0.2, 0) is 0 Å². The molecule has 6 nitrogen and oxygen atoms in total. The molecule has 0 radical (unpaired) electrons. The molecule has 17 heavy (non-hydrogen) atoms. The van der Waals surface area contributed by atoms with Crippen LogP contribution in [0.3, 0.4) is 0 Å². The molecule has 0 aliphatic heterocycles. The van der Waals surface area contributed by atoms with E-state index in [-0.39, 0.29) is 17.5 Å². The number of nitrogens with two attached hydrogens (primary N) is 1. The fourth-order valence-corrected chi connectivity index (χ4v) is 2.20. The Bertz CT molecular complexity index is 435. The summed E-state index contributed by atoms with van der Waals surface area (Å²) in [4.78, 5) is 14.1. The van der Waals surface area contributed by atoms with Crippen molar-refractivity contribution in [1.29, 1.82) is 0 Å². The average molecular weight is 302 g/mol. The van der Waals surface area contributed by atoms with E-state index in [0.717, 1.165) is 12.8 Å². The Balaban J connectivity index is 2.12. The highest BCUT2D eigenvalue weighted by Gasteiger charge is 2.32. The zero-order valence-corrected chi connectivity index (χ0v) is 10.6. The van der Waals surface area contributed by atoms with E-state index in [1.54, 1.807) is 0 Å². The minimum atomic E-state index is -0.494. The summed E-state index contributed by atoms with van der Waals surface area (Å²) < 4.78 is 6.12. The van der Waals surface area contributed by atoms with Crippen LogP contribution in [0.2, 0.25) is 0 Å². The summed E-state index contributed by atoms with van der Waals surface area (Å²) in [6.07, 6.45) is 4.40. The quantitative estimate of drug-likeness (QED) is 0.677. The van der Waals surface area contributed by atoms with Gasteiger partial charge < -0.3 is 10.5 Å². The van der Waals surface area contributed by atoms with Crippen molar-refractivity contribution in [3.63, 3.8) is 0 Å². The van der Waals surface area contributed by atoms with Crippen molar-refractivity contribution in [3.8, 4) is 5.75 Å². The molecule has 1 aromatic rings. The van der Waals surface area contributed by atoms with E-state index in [4.69, 9.17) is 10.5 Å². The highest BCUT2D eigenvalue weighted by atomic mass is 79.9. The second-order valence-electron chi connectivity index (χ2n) is 4.04. The molecular formula is C10H12BrN3O3. The lowest BCUT2D eigenvalue weighted by Crippen LogP contribution is -2.37. The van der Waals surface area contributed by atoms with Crippen LogP contribution < -0.4 is 10.5 Å². The summed E-state index contributed by atoms with van der Waals surface area (Å²) in [6, 6.07) is 0. The number of hydrogen-bond donors (Lipinski definition) is 1. The van der Waals surface area contributed by atoms with Crippen molar-refractivity contribution in [2.45, 2.75) is 18.9 Å². The standard InChI is InChI=1S/C10H12BrN3O3/c11-8-4-13-5-9(14(15)16)10(8)17-7-1-6(2-7)3-12/h4-7H,1-3,12H2. The lowest BCUT2D eigenvalue weighted by molar-refractivity contribution is -0.386. The minimum absolute atomic E-state index is 0.0148. The average Bonchev–Trinajstić information content (AvgIpc) is 2.24. The molecule has 0 amide bonds. The Hall–Kier alpha value is -1.21. The molecule has 1 heterocycles. The molecule has 2 rings (SSSR count). The minimum Gasteiger partial charge on any atom is -0.483 e. The predicted octanol–water partition coefficient (Wildman–Crippen LogP) is 1.87. The van der Waals surface area contributed by atoms with Gasteiger partial charge >= 0.3 is 5.69 Å². The second kappa shape index (κ2) is 4.97. The largest absolute Gasteiger partial charge is 0.483 e. The highest BCUT2D eigenvalue weighted by Crippen LogP contribution is 2.38. The highest BCUT2D eigenvalue weighted by molar-refractivity contribution is 9.10. The molecule has 0 saturated heterocycles. The van der Waals surface area contributed by atoms with Gasteiger partial charge in [0.05, 0.1) is 15.5 Å². The van der Waals surface area contributed by atoms with Crippen LogP contribution in [0.1, 0.15) is 12.8 Å². The van der Waals surface area contributed by atoms with E-state index in [2.05, 4.69) is 20.9 Å². The molecule has 1 aromatic heterocycles. The van der Waals surface area contributed by atoms with Gasteiger partial charge in [-0.25, -0.2) is 0 Å². The first-order chi connectivity index (χ1) is 8.11. The lowest BCUT2D eigenvalue weighted by Gasteiger charge is -2.34. The smallest absolute Gasteiger partial charge is 0.330 e. The molecule has 2 N–H and O–H groups in total. The van der Waals surface area contributed by atoms with Crippen molar-refractivity contribution in [2.24, 2.45) is 11.7 Å². The van der Waals surface area contributed by atoms with Gasteiger partial charge in [-0.3, -0.25) is 15.1 Å². The Morgan fingerprint density at radius 2 is 2.29 bits per heavy atom. The number of aromatic nitrogens is 1. The van der Waals surface area contributed by atoms with Crippen molar-refractivity contribution < 1.29 is 9.66 Å². The number of pyridine rings is 1. The monoisotopic (exact) mass is 301 g/mol. The summed E-state index contributed by atoms with van der Waals surface area (Å²) in [7, 11) is 0. The molecule has 1 saturated carbocycles. The number of rotatable bonds is 4. The van der Waals surface area contributed by atoms with Crippen LogP contribution >= 0.6 is 15.9 Å². The molecule has 1 aliphatic carbocycles. The number of ether oxygens (including phenoxy) is 1. The molecule has 0 bridgehead atoms. The van der Waals surface area contributed by atoms with Gasteiger partial charge in [-0.05, 0) is 41.2 Å². The van der Waals surface area contributed by atoms with Gasteiger partial charge in [0.2, 0.25) is 5.75 Å². The maximum atomic E-state index is 10.8. The summed E-state index contributed by atoms with van der Waals surface area (Å²) in [6.45, 7) is 0.638. The SMILES string of the molecule is NCC1CC(Oc2c(Br)cncc2[N+](=O)[O-])C1. The summed E-state index contributed by atoms with van der Waals surface area (Å²) in [5.74, 6) is 0.727. The number of hydrogen-bond acceptors (Lipinski definition) is 5. The van der Waals surface area contributed by atoms with Crippen LogP contribution in [0.4, 0.5) is 5.69 Å². The first-order valence-electron chi connectivity index (χ1n) is 5.26. The predicted molar refractivity (Wildman–Crippen MR) is 64.8 cm³/mol. The fourth-order valence-electron chi connectivity index (χ4n) is 1.79. The first-order valence-corrected chi connectivity index (χ1v) is 6.05. The number of nitrogens with zero attached hydrogens (tertiary/aromatic N) is 2. The van der Waals surface area contributed by atoms with E-state index in [9.17, 15) is 10.1 Å². The third-order valence-corrected chi connectivity index (χ3v) is 3.41. The van der Waals surface area contributed by atoms with Crippen LogP contribution in [0.15, 0.2) is 16.9 Å². The van der Waals surface area contributed by atoms with E-state index < -0.39 is 4.92 Å². The van der Waals surface area contributed by atoms with Gasteiger partial charge in [-0.1, -0.05) is 0 Å². The van der Waals surface area contributed by atoms with E-state index >= 15 is 0 Å². The normalized spacial score (nSPS) is 22.9. The third kappa shape index (κ3) is 2.55. The van der Waals surface area contributed by atoms with Crippen LogP contribution in [-0.4, -0.2) is 22.6 Å². The topological polar surface area (TPSA) is 91.3 Å². The molecule has 0 spiro atoms. The lowest BCUT2D eigenvalue weighted by atomic mass is 9.82. The van der Waals surface area contributed by atoms with Gasteiger partial charge in [-0.15, -0.1) is 0 Å².